The number of carbonyl (C=O) groups excluding carboxylic acids is 1. The van der Waals surface area contributed by atoms with Crippen LogP contribution in [0.4, 0.5) is 5.69 Å². The van der Waals surface area contributed by atoms with Crippen LogP contribution in [0.5, 0.6) is 0 Å². The van der Waals surface area contributed by atoms with Crippen LogP contribution in [-0.2, 0) is 11.3 Å². The molecule has 0 aliphatic carbocycles. The number of likely N-dealkylation sites (tertiary alicyclic amines) is 1. The van der Waals surface area contributed by atoms with Gasteiger partial charge >= 0.3 is 0 Å². The molecule has 1 aliphatic rings. The average Bonchev–Trinajstić information content (AvgIpc) is 2.31. The van der Waals surface area contributed by atoms with Crippen LogP contribution < -0.4 is 0 Å². The van der Waals surface area contributed by atoms with E-state index in [-0.39, 0.29) is 16.4 Å². The zero-order valence-electron chi connectivity index (χ0n) is 9.76. The van der Waals surface area contributed by atoms with E-state index < -0.39 is 0 Å². The maximum absolute atomic E-state index is 11.4. The Labute approximate surface area is 113 Å². The molecule has 0 spiro atoms. The van der Waals surface area contributed by atoms with Crippen molar-refractivity contribution >= 4 is 27.4 Å². The zero-order chi connectivity index (χ0) is 13.1. The van der Waals surface area contributed by atoms with Gasteiger partial charge in [-0.05, 0) is 25.1 Å². The summed E-state index contributed by atoms with van der Waals surface area (Å²) in [6.07, 6.45) is 1.46. The summed E-state index contributed by atoms with van der Waals surface area (Å²) >= 11 is 3.23. The van der Waals surface area contributed by atoms with Crippen molar-refractivity contribution in [3.8, 4) is 0 Å². The van der Waals surface area contributed by atoms with Gasteiger partial charge in [0.2, 0.25) is 0 Å². The van der Waals surface area contributed by atoms with E-state index in [2.05, 4.69) is 15.9 Å². The number of carbonyl (C=O) groups is 1. The second-order valence-corrected chi connectivity index (χ2v) is 5.30. The summed E-state index contributed by atoms with van der Waals surface area (Å²) in [5.74, 6) is 0.209. The number of rotatable bonds is 3. The lowest BCUT2D eigenvalue weighted by Gasteiger charge is -2.25. The van der Waals surface area contributed by atoms with E-state index in [9.17, 15) is 14.9 Å². The van der Waals surface area contributed by atoms with Crippen molar-refractivity contribution in [1.82, 2.24) is 4.90 Å². The van der Waals surface area contributed by atoms with Crippen LogP contribution in [0.25, 0.3) is 0 Å². The summed E-state index contributed by atoms with van der Waals surface area (Å²) in [4.78, 5) is 23.9. The standard InChI is InChI=1S/C12H13BrN2O3/c13-10-4-3-9(12(6-10)15(17)18)7-14-5-1-2-11(16)8-14/h3-4,6H,1-2,5,7-8H2. The third-order valence-electron chi connectivity index (χ3n) is 2.97. The van der Waals surface area contributed by atoms with Gasteiger partial charge in [-0.25, -0.2) is 0 Å². The van der Waals surface area contributed by atoms with Crippen LogP contribution in [0.2, 0.25) is 0 Å². The molecule has 1 saturated heterocycles. The van der Waals surface area contributed by atoms with Crippen molar-refractivity contribution in [3.63, 3.8) is 0 Å². The average molecular weight is 313 g/mol. The van der Waals surface area contributed by atoms with E-state index in [0.29, 0.717) is 29.5 Å². The molecular formula is C12H13BrN2O3. The Balaban J connectivity index is 2.17. The highest BCUT2D eigenvalue weighted by atomic mass is 79.9. The number of hydrogen-bond acceptors (Lipinski definition) is 4. The number of hydrogen-bond donors (Lipinski definition) is 0. The Morgan fingerprint density at radius 1 is 1.44 bits per heavy atom. The summed E-state index contributed by atoms with van der Waals surface area (Å²) in [7, 11) is 0. The number of nitro groups is 1. The smallest absolute Gasteiger partial charge is 0.275 e. The van der Waals surface area contributed by atoms with E-state index in [0.717, 1.165) is 13.0 Å². The van der Waals surface area contributed by atoms with Crippen LogP contribution in [-0.4, -0.2) is 28.7 Å². The molecule has 0 aromatic heterocycles. The summed E-state index contributed by atoms with van der Waals surface area (Å²) in [6.45, 7) is 1.67. The van der Waals surface area contributed by atoms with Crippen molar-refractivity contribution < 1.29 is 9.72 Å². The number of halogens is 1. The molecule has 0 amide bonds. The lowest BCUT2D eigenvalue weighted by Crippen LogP contribution is -2.35. The molecule has 1 heterocycles. The Kier molecular flexibility index (Phi) is 4.08. The van der Waals surface area contributed by atoms with Crippen LogP contribution in [0, 0.1) is 10.1 Å². The van der Waals surface area contributed by atoms with Crippen molar-refractivity contribution in [1.29, 1.82) is 0 Å². The quantitative estimate of drug-likeness (QED) is 0.635. The van der Waals surface area contributed by atoms with Crippen molar-refractivity contribution in [2.24, 2.45) is 0 Å². The first-order valence-corrected chi connectivity index (χ1v) is 6.52. The van der Waals surface area contributed by atoms with Gasteiger partial charge in [0, 0.05) is 29.1 Å². The van der Waals surface area contributed by atoms with Gasteiger partial charge < -0.3 is 0 Å². The number of nitrogens with zero attached hydrogens (tertiary/aromatic N) is 2. The van der Waals surface area contributed by atoms with E-state index in [1.165, 1.54) is 6.07 Å². The molecule has 2 rings (SSSR count). The minimum atomic E-state index is -0.383. The summed E-state index contributed by atoms with van der Waals surface area (Å²) in [5, 5.41) is 11.0. The highest BCUT2D eigenvalue weighted by Gasteiger charge is 2.21. The van der Waals surface area contributed by atoms with E-state index in [4.69, 9.17) is 0 Å². The SMILES string of the molecule is O=C1CCCN(Cc2ccc(Br)cc2[N+](=O)[O-])C1. The number of Topliss-reactive ketones (excluding diaryl/α,β-unsaturated/α-hetero) is 1. The van der Waals surface area contributed by atoms with Crippen LogP contribution in [0.15, 0.2) is 22.7 Å². The minimum absolute atomic E-state index is 0.0994. The fourth-order valence-electron chi connectivity index (χ4n) is 2.12. The molecule has 18 heavy (non-hydrogen) atoms. The largest absolute Gasteiger partial charge is 0.298 e. The van der Waals surface area contributed by atoms with Crippen LogP contribution in [0.1, 0.15) is 18.4 Å². The fraction of sp³-hybridized carbons (Fsp3) is 0.417. The lowest BCUT2D eigenvalue weighted by atomic mass is 10.1. The Hall–Kier alpha value is -1.27. The zero-order valence-corrected chi connectivity index (χ0v) is 11.4. The molecule has 1 fully saturated rings. The summed E-state index contributed by atoms with van der Waals surface area (Å²) in [6, 6.07) is 5.02. The van der Waals surface area contributed by atoms with Crippen molar-refractivity contribution in [3.05, 3.63) is 38.3 Å². The Bertz CT molecular complexity index is 490. The Morgan fingerprint density at radius 2 is 2.22 bits per heavy atom. The number of benzene rings is 1. The molecule has 0 atom stereocenters. The van der Waals surface area contributed by atoms with E-state index >= 15 is 0 Å². The van der Waals surface area contributed by atoms with Gasteiger partial charge in [-0.3, -0.25) is 19.8 Å². The molecule has 6 heteroatoms. The van der Waals surface area contributed by atoms with Crippen molar-refractivity contribution in [2.75, 3.05) is 13.1 Å². The first-order chi connectivity index (χ1) is 8.56. The van der Waals surface area contributed by atoms with E-state index in [1.807, 2.05) is 4.90 Å². The number of ketones is 1. The molecule has 5 nitrogen and oxygen atoms in total. The predicted molar refractivity (Wildman–Crippen MR) is 70.3 cm³/mol. The number of piperidine rings is 1. The maximum Gasteiger partial charge on any atom is 0.275 e. The molecule has 0 N–H and O–H groups in total. The first kappa shape index (κ1) is 13.2. The lowest BCUT2D eigenvalue weighted by molar-refractivity contribution is -0.385. The normalized spacial score (nSPS) is 16.8. The van der Waals surface area contributed by atoms with Gasteiger partial charge in [-0.1, -0.05) is 15.9 Å². The van der Waals surface area contributed by atoms with Gasteiger partial charge in [0.05, 0.1) is 11.5 Å². The van der Waals surface area contributed by atoms with Gasteiger partial charge in [-0.15, -0.1) is 0 Å². The van der Waals surface area contributed by atoms with Gasteiger partial charge in [0.1, 0.15) is 5.78 Å². The molecule has 1 aromatic carbocycles. The molecule has 0 saturated carbocycles. The molecule has 96 valence electrons. The predicted octanol–water partition coefficient (Wildman–Crippen LogP) is 2.52. The maximum atomic E-state index is 11.4. The van der Waals surface area contributed by atoms with Gasteiger partial charge in [0.15, 0.2) is 0 Å². The summed E-state index contributed by atoms with van der Waals surface area (Å²) in [5.41, 5.74) is 0.750. The van der Waals surface area contributed by atoms with E-state index in [1.54, 1.807) is 12.1 Å². The third-order valence-corrected chi connectivity index (χ3v) is 3.46. The van der Waals surface area contributed by atoms with Crippen molar-refractivity contribution in [2.45, 2.75) is 19.4 Å². The van der Waals surface area contributed by atoms with Crippen LogP contribution in [0.3, 0.4) is 0 Å². The highest BCUT2D eigenvalue weighted by Crippen LogP contribution is 2.25. The first-order valence-electron chi connectivity index (χ1n) is 5.73. The molecular weight excluding hydrogens is 300 g/mol. The molecule has 0 unspecified atom stereocenters. The second kappa shape index (κ2) is 5.58. The topological polar surface area (TPSA) is 63.5 Å². The van der Waals surface area contributed by atoms with Gasteiger partial charge in [0.25, 0.3) is 5.69 Å². The number of nitro benzene ring substituents is 1. The molecule has 1 aliphatic heterocycles. The third kappa shape index (κ3) is 3.14. The molecule has 1 aromatic rings. The summed E-state index contributed by atoms with van der Waals surface area (Å²) < 4.78 is 0.688. The molecule has 0 bridgehead atoms. The van der Waals surface area contributed by atoms with Crippen LogP contribution >= 0.6 is 15.9 Å². The van der Waals surface area contributed by atoms with Gasteiger partial charge in [-0.2, -0.15) is 0 Å². The second-order valence-electron chi connectivity index (χ2n) is 4.38. The monoisotopic (exact) mass is 312 g/mol. The Morgan fingerprint density at radius 3 is 2.89 bits per heavy atom. The molecule has 0 radical (unpaired) electrons. The fourth-order valence-corrected chi connectivity index (χ4v) is 2.47. The highest BCUT2D eigenvalue weighted by molar-refractivity contribution is 9.10. The minimum Gasteiger partial charge on any atom is -0.298 e.